The quantitative estimate of drug-likeness (QED) is 0.387. The molecular formula is C25H25Cl2N5O. The molecule has 0 saturated heterocycles. The first-order chi connectivity index (χ1) is 15.8. The molecule has 0 aliphatic carbocycles. The Hall–Kier alpha value is -3.09. The Morgan fingerprint density at radius 3 is 2.27 bits per heavy atom. The minimum Gasteiger partial charge on any atom is -0.348 e. The third-order valence-electron chi connectivity index (χ3n) is 5.70. The number of halogens is 2. The topological polar surface area (TPSA) is 64.7 Å². The highest BCUT2D eigenvalue weighted by Gasteiger charge is 2.22. The van der Waals surface area contributed by atoms with Gasteiger partial charge in [-0.2, -0.15) is 10.2 Å². The van der Waals surface area contributed by atoms with Crippen molar-refractivity contribution in [3.63, 3.8) is 0 Å². The van der Waals surface area contributed by atoms with Crippen molar-refractivity contribution in [2.45, 2.75) is 40.4 Å². The number of carbonyl (C=O) groups is 1. The lowest BCUT2D eigenvalue weighted by Crippen LogP contribution is -2.24. The van der Waals surface area contributed by atoms with Crippen molar-refractivity contribution in [1.29, 1.82) is 0 Å². The predicted octanol–water partition coefficient (Wildman–Crippen LogP) is 5.34. The second-order valence-corrected chi connectivity index (χ2v) is 8.74. The van der Waals surface area contributed by atoms with Gasteiger partial charge >= 0.3 is 0 Å². The number of hydrogen-bond acceptors (Lipinski definition) is 3. The molecule has 4 aromatic rings. The average Bonchev–Trinajstić information content (AvgIpc) is 3.22. The first-order valence-electron chi connectivity index (χ1n) is 10.7. The lowest BCUT2D eigenvalue weighted by Gasteiger charge is -2.08. The molecule has 6 nitrogen and oxygen atoms in total. The molecule has 0 atom stereocenters. The van der Waals surface area contributed by atoms with E-state index in [1.807, 2.05) is 61.0 Å². The molecule has 0 fully saturated rings. The zero-order valence-electron chi connectivity index (χ0n) is 18.8. The summed E-state index contributed by atoms with van der Waals surface area (Å²) in [5.41, 5.74) is 5.90. The molecule has 0 aliphatic rings. The summed E-state index contributed by atoms with van der Waals surface area (Å²) in [6, 6.07) is 17.7. The third-order valence-corrected chi connectivity index (χ3v) is 6.46. The summed E-state index contributed by atoms with van der Waals surface area (Å²) >= 11 is 12.8. The van der Waals surface area contributed by atoms with Crippen molar-refractivity contribution in [2.24, 2.45) is 0 Å². The van der Waals surface area contributed by atoms with Crippen LogP contribution >= 0.6 is 23.2 Å². The van der Waals surface area contributed by atoms with Gasteiger partial charge in [0.15, 0.2) is 0 Å². The van der Waals surface area contributed by atoms with Crippen molar-refractivity contribution in [1.82, 2.24) is 24.9 Å². The monoisotopic (exact) mass is 481 g/mol. The Morgan fingerprint density at radius 1 is 0.879 bits per heavy atom. The zero-order valence-corrected chi connectivity index (χ0v) is 20.3. The molecule has 1 N–H and O–H groups in total. The van der Waals surface area contributed by atoms with Gasteiger partial charge in [0.2, 0.25) is 0 Å². The van der Waals surface area contributed by atoms with Gasteiger partial charge in [0.05, 0.1) is 30.0 Å². The molecule has 0 radical (unpaired) electrons. The van der Waals surface area contributed by atoms with E-state index < -0.39 is 0 Å². The minimum atomic E-state index is -0.266. The van der Waals surface area contributed by atoms with Crippen LogP contribution in [0.15, 0.2) is 54.6 Å². The van der Waals surface area contributed by atoms with Crippen molar-refractivity contribution >= 4 is 29.1 Å². The molecule has 0 unspecified atom stereocenters. The van der Waals surface area contributed by atoms with E-state index in [0.29, 0.717) is 35.9 Å². The number of carbonyl (C=O) groups excluding carboxylic acids is 1. The summed E-state index contributed by atoms with van der Waals surface area (Å²) in [6.45, 7) is 7.17. The van der Waals surface area contributed by atoms with E-state index in [9.17, 15) is 4.79 Å². The van der Waals surface area contributed by atoms with Crippen LogP contribution in [0.1, 0.15) is 44.1 Å². The summed E-state index contributed by atoms with van der Waals surface area (Å²) in [5, 5.41) is 13.0. The van der Waals surface area contributed by atoms with E-state index in [1.165, 1.54) is 5.56 Å². The molecule has 1 amide bonds. The molecule has 8 heteroatoms. The molecule has 2 aromatic carbocycles. The standard InChI is InChI=1S/C25H25Cl2N5O/c1-16-21(18(3)31(29-16)14-19-9-5-4-6-10-19)13-28-25(33)23-17(2)30-32(24(23)27)15-20-11-7-8-12-22(20)26/h4-12H,13-15H2,1-3H3,(H,28,33). The summed E-state index contributed by atoms with van der Waals surface area (Å²) < 4.78 is 3.56. The number of aryl methyl sites for hydroxylation is 2. The van der Waals surface area contributed by atoms with E-state index >= 15 is 0 Å². The first kappa shape index (κ1) is 23.1. The number of rotatable bonds is 7. The summed E-state index contributed by atoms with van der Waals surface area (Å²) in [5.74, 6) is -0.266. The van der Waals surface area contributed by atoms with E-state index in [4.69, 9.17) is 23.2 Å². The van der Waals surface area contributed by atoms with Gasteiger partial charge in [-0.3, -0.25) is 9.48 Å². The van der Waals surface area contributed by atoms with Crippen molar-refractivity contribution in [3.8, 4) is 0 Å². The maximum atomic E-state index is 13.0. The van der Waals surface area contributed by atoms with Crippen molar-refractivity contribution in [3.05, 3.63) is 104 Å². The lowest BCUT2D eigenvalue weighted by atomic mass is 10.1. The Labute approximate surface area is 203 Å². The van der Waals surface area contributed by atoms with E-state index in [0.717, 1.165) is 22.5 Å². The molecule has 4 rings (SSSR count). The molecule has 0 spiro atoms. The summed E-state index contributed by atoms with van der Waals surface area (Å²) in [6.07, 6.45) is 0. The summed E-state index contributed by atoms with van der Waals surface area (Å²) in [4.78, 5) is 13.0. The number of aromatic nitrogens is 4. The highest BCUT2D eigenvalue weighted by atomic mass is 35.5. The van der Waals surface area contributed by atoms with Crippen LogP contribution in [0.4, 0.5) is 0 Å². The van der Waals surface area contributed by atoms with Gasteiger partial charge in [0.1, 0.15) is 5.15 Å². The van der Waals surface area contributed by atoms with Crippen molar-refractivity contribution in [2.75, 3.05) is 0 Å². The first-order valence-corrected chi connectivity index (χ1v) is 11.4. The van der Waals surface area contributed by atoms with Crippen LogP contribution in [0.2, 0.25) is 10.2 Å². The molecular weight excluding hydrogens is 457 g/mol. The number of nitrogens with one attached hydrogen (secondary N) is 1. The molecule has 0 bridgehead atoms. The number of hydrogen-bond donors (Lipinski definition) is 1. The SMILES string of the molecule is Cc1nn(Cc2ccccc2)c(C)c1CNC(=O)c1c(C)nn(Cc2ccccc2Cl)c1Cl. The van der Waals surface area contributed by atoms with E-state index in [2.05, 4.69) is 27.6 Å². The van der Waals surface area contributed by atoms with Crippen LogP contribution < -0.4 is 5.32 Å². The lowest BCUT2D eigenvalue weighted by molar-refractivity contribution is 0.0950. The van der Waals surface area contributed by atoms with Gasteiger partial charge in [-0.05, 0) is 38.0 Å². The Morgan fingerprint density at radius 2 is 1.55 bits per heavy atom. The smallest absolute Gasteiger partial charge is 0.256 e. The van der Waals surface area contributed by atoms with Crippen LogP contribution in [-0.4, -0.2) is 25.5 Å². The number of benzene rings is 2. The normalized spacial score (nSPS) is 11.1. The Bertz CT molecular complexity index is 1290. The zero-order chi connectivity index (χ0) is 23.5. The molecule has 33 heavy (non-hydrogen) atoms. The Balaban J connectivity index is 1.48. The van der Waals surface area contributed by atoms with E-state index in [-0.39, 0.29) is 11.1 Å². The predicted molar refractivity (Wildman–Crippen MR) is 131 cm³/mol. The number of nitrogens with zero attached hydrogens (tertiary/aromatic N) is 4. The fourth-order valence-corrected chi connectivity index (χ4v) is 4.38. The molecule has 170 valence electrons. The largest absolute Gasteiger partial charge is 0.348 e. The maximum Gasteiger partial charge on any atom is 0.256 e. The van der Waals surface area contributed by atoms with Gasteiger partial charge in [0.25, 0.3) is 5.91 Å². The van der Waals surface area contributed by atoms with Gasteiger partial charge in [-0.25, -0.2) is 4.68 Å². The highest BCUT2D eigenvalue weighted by Crippen LogP contribution is 2.24. The second kappa shape index (κ2) is 9.81. The molecule has 0 aliphatic heterocycles. The van der Waals surface area contributed by atoms with Crippen LogP contribution in [0.25, 0.3) is 0 Å². The third kappa shape index (κ3) is 4.97. The van der Waals surface area contributed by atoms with Gasteiger partial charge in [-0.15, -0.1) is 0 Å². The van der Waals surface area contributed by atoms with Gasteiger partial charge in [0, 0.05) is 22.8 Å². The fourth-order valence-electron chi connectivity index (χ4n) is 3.86. The molecule has 2 aromatic heterocycles. The fraction of sp³-hybridized carbons (Fsp3) is 0.240. The molecule has 2 heterocycles. The maximum absolute atomic E-state index is 13.0. The number of amides is 1. The average molecular weight is 482 g/mol. The van der Waals surface area contributed by atoms with Crippen LogP contribution in [-0.2, 0) is 19.6 Å². The highest BCUT2D eigenvalue weighted by molar-refractivity contribution is 6.33. The minimum absolute atomic E-state index is 0.266. The van der Waals surface area contributed by atoms with Crippen LogP contribution in [0, 0.1) is 20.8 Å². The van der Waals surface area contributed by atoms with Gasteiger partial charge in [-0.1, -0.05) is 71.7 Å². The van der Waals surface area contributed by atoms with E-state index in [1.54, 1.807) is 11.6 Å². The van der Waals surface area contributed by atoms with Crippen LogP contribution in [0.3, 0.4) is 0 Å². The summed E-state index contributed by atoms with van der Waals surface area (Å²) in [7, 11) is 0. The van der Waals surface area contributed by atoms with Gasteiger partial charge < -0.3 is 5.32 Å². The van der Waals surface area contributed by atoms with Crippen LogP contribution in [0.5, 0.6) is 0 Å². The van der Waals surface area contributed by atoms with Crippen molar-refractivity contribution < 1.29 is 4.79 Å². The second-order valence-electron chi connectivity index (χ2n) is 7.98. The molecule has 0 saturated carbocycles. The Kier molecular flexibility index (Phi) is 6.86.